The molecule has 0 radical (unpaired) electrons. The predicted molar refractivity (Wildman–Crippen MR) is 237 cm³/mol. The zero-order valence-electron chi connectivity index (χ0n) is 34.9. The van der Waals surface area contributed by atoms with Crippen LogP contribution in [0, 0.1) is 0 Å². The van der Waals surface area contributed by atoms with E-state index in [1.54, 1.807) is 0 Å². The Morgan fingerprint density at radius 1 is 0.404 bits per heavy atom. The molecule has 0 amide bonds. The first-order valence-corrected chi connectivity index (χ1v) is 19.3. The monoisotopic (exact) mass is 731 g/mol. The molecule has 0 bridgehead atoms. The topological polar surface area (TPSA) is 16.4 Å². The Kier molecular flexibility index (Phi) is 6.81. The second-order valence-corrected chi connectivity index (χ2v) is 14.5. The van der Waals surface area contributed by atoms with E-state index in [1.165, 1.54) is 0 Å². The number of hydrogen-bond acceptors (Lipinski definition) is 2. The molecule has 0 fully saturated rings. The number of para-hydroxylation sites is 2. The third kappa shape index (κ3) is 5.18. The molecule has 57 heavy (non-hydrogen) atoms. The average Bonchev–Trinajstić information content (AvgIpc) is 3.86. The fraction of sp³-hybridized carbons (Fsp3) is 0.0182. The lowest BCUT2D eigenvalue weighted by molar-refractivity contribution is 0.670. The van der Waals surface area contributed by atoms with Gasteiger partial charge in [0.1, 0.15) is 11.2 Å². The van der Waals surface area contributed by atoms with E-state index < -0.39 is 5.41 Å². The normalized spacial score (nSPS) is 13.7. The van der Waals surface area contributed by atoms with Crippen LogP contribution in [0.1, 0.15) is 27.7 Å². The number of nitrogens with zero attached hydrogens (tertiary/aromatic N) is 1. The first-order chi connectivity index (χ1) is 30.0. The van der Waals surface area contributed by atoms with Crippen LogP contribution in [-0.2, 0) is 5.41 Å². The average molecular weight is 732 g/mol. The second kappa shape index (κ2) is 13.4. The van der Waals surface area contributed by atoms with Gasteiger partial charge >= 0.3 is 0 Å². The van der Waals surface area contributed by atoms with E-state index in [1.807, 2.05) is 95.9 Å². The molecule has 0 atom stereocenters. The lowest BCUT2D eigenvalue weighted by Gasteiger charge is -2.34. The van der Waals surface area contributed by atoms with Crippen molar-refractivity contribution in [3.8, 4) is 33.4 Å². The van der Waals surface area contributed by atoms with Crippen molar-refractivity contribution in [3.05, 3.63) is 247 Å². The zero-order valence-corrected chi connectivity index (χ0v) is 30.9. The Labute approximate surface area is 338 Å². The van der Waals surface area contributed by atoms with Gasteiger partial charge in [-0.1, -0.05) is 188 Å². The van der Waals surface area contributed by atoms with Gasteiger partial charge < -0.3 is 9.32 Å². The SMILES string of the molecule is [2H]c1c([2H])c(N(c2ccc(-c3ccccc3)cc2)c2cccc3c2-c2ccccc2C3(c2ccccc2)c2ccccc2)c([2H])c([2H])c1-c1cccc2c1oc1ccccc12. The van der Waals surface area contributed by atoms with Crippen LogP contribution in [0.3, 0.4) is 0 Å². The fourth-order valence-electron chi connectivity index (χ4n) is 8.98. The van der Waals surface area contributed by atoms with Crippen molar-refractivity contribution >= 4 is 39.0 Å². The summed E-state index contributed by atoms with van der Waals surface area (Å²) in [5.74, 6) is 0. The Bertz CT molecular complexity index is 3220. The third-order valence-electron chi connectivity index (χ3n) is 11.4. The zero-order chi connectivity index (χ0) is 41.2. The Morgan fingerprint density at radius 3 is 1.70 bits per heavy atom. The molecule has 11 rings (SSSR count). The number of benzene rings is 9. The minimum Gasteiger partial charge on any atom is -0.455 e. The summed E-state index contributed by atoms with van der Waals surface area (Å²) in [6.07, 6.45) is 0. The van der Waals surface area contributed by atoms with Crippen LogP contribution in [0.5, 0.6) is 0 Å². The molecule has 1 aliphatic carbocycles. The Balaban J connectivity index is 1.20. The number of rotatable bonds is 7. The van der Waals surface area contributed by atoms with E-state index >= 15 is 0 Å². The highest BCUT2D eigenvalue weighted by atomic mass is 16.3. The smallest absolute Gasteiger partial charge is 0.143 e. The maximum atomic E-state index is 9.87. The van der Waals surface area contributed by atoms with Crippen LogP contribution < -0.4 is 4.90 Å². The summed E-state index contributed by atoms with van der Waals surface area (Å²) in [7, 11) is 0. The van der Waals surface area contributed by atoms with Crippen molar-refractivity contribution in [2.75, 3.05) is 4.90 Å². The van der Waals surface area contributed by atoms with Crippen molar-refractivity contribution in [1.82, 2.24) is 0 Å². The molecule has 0 spiro atoms. The van der Waals surface area contributed by atoms with Gasteiger partial charge in [0.2, 0.25) is 0 Å². The largest absolute Gasteiger partial charge is 0.455 e. The molecule has 0 N–H and O–H groups in total. The standard InChI is InChI=1S/C55H37NO/c1-4-16-38(17-5-1)39-30-34-43(35-31-39)56(44-36-32-40(33-37-44)45-24-14-25-47-46-22-11-13-29-52(46)57-54(45)47)51-28-15-27-50-53(51)48-23-10-12-26-49(48)55(50,41-18-6-2-7-19-41)42-20-8-3-9-21-42/h1-37H/i32D,33D,36D,37D. The summed E-state index contributed by atoms with van der Waals surface area (Å²) in [6, 6.07) is 67.2. The molecule has 2 nitrogen and oxygen atoms in total. The van der Waals surface area contributed by atoms with Gasteiger partial charge in [-0.25, -0.2) is 0 Å². The van der Waals surface area contributed by atoms with Gasteiger partial charge in [-0.2, -0.15) is 0 Å². The van der Waals surface area contributed by atoms with Crippen molar-refractivity contribution in [1.29, 1.82) is 0 Å². The van der Waals surface area contributed by atoms with Crippen LogP contribution in [-0.4, -0.2) is 0 Å². The Morgan fingerprint density at radius 2 is 0.965 bits per heavy atom. The van der Waals surface area contributed by atoms with Crippen LogP contribution in [0.4, 0.5) is 17.1 Å². The fourth-order valence-corrected chi connectivity index (χ4v) is 8.98. The molecule has 0 saturated carbocycles. The third-order valence-corrected chi connectivity index (χ3v) is 11.4. The summed E-state index contributed by atoms with van der Waals surface area (Å²) >= 11 is 0. The molecule has 9 aromatic carbocycles. The van der Waals surface area contributed by atoms with Gasteiger partial charge in [-0.05, 0) is 80.9 Å². The molecule has 1 aliphatic rings. The molecule has 1 aromatic heterocycles. The minimum absolute atomic E-state index is 0.147. The first-order valence-electron chi connectivity index (χ1n) is 21.3. The van der Waals surface area contributed by atoms with Gasteiger partial charge in [-0.15, -0.1) is 0 Å². The maximum absolute atomic E-state index is 9.87. The van der Waals surface area contributed by atoms with Crippen LogP contribution in [0.15, 0.2) is 229 Å². The van der Waals surface area contributed by atoms with Gasteiger partial charge in [0.15, 0.2) is 0 Å². The molecule has 0 saturated heterocycles. The van der Waals surface area contributed by atoms with E-state index in [2.05, 4.69) is 109 Å². The molecule has 1 heterocycles. The second-order valence-electron chi connectivity index (χ2n) is 14.5. The summed E-state index contributed by atoms with van der Waals surface area (Å²) in [5.41, 5.74) is 11.4. The highest BCUT2D eigenvalue weighted by Gasteiger charge is 2.47. The molecule has 268 valence electrons. The van der Waals surface area contributed by atoms with E-state index in [4.69, 9.17) is 4.42 Å². The highest BCUT2D eigenvalue weighted by molar-refractivity contribution is 6.09. The van der Waals surface area contributed by atoms with Crippen molar-refractivity contribution in [2.24, 2.45) is 0 Å². The number of hydrogen-bond donors (Lipinski definition) is 0. The van der Waals surface area contributed by atoms with Gasteiger partial charge in [0.05, 0.1) is 16.6 Å². The molecule has 2 heteroatoms. The van der Waals surface area contributed by atoms with E-state index in [-0.39, 0.29) is 35.4 Å². The summed E-state index contributed by atoms with van der Waals surface area (Å²) in [6.45, 7) is 0. The summed E-state index contributed by atoms with van der Waals surface area (Å²) in [4.78, 5) is 1.93. The van der Waals surface area contributed by atoms with E-state index in [0.717, 1.165) is 61.0 Å². The van der Waals surface area contributed by atoms with Crippen molar-refractivity contribution in [3.63, 3.8) is 0 Å². The van der Waals surface area contributed by atoms with Gasteiger partial charge in [0, 0.05) is 33.3 Å². The lowest BCUT2D eigenvalue weighted by Crippen LogP contribution is -2.28. The minimum atomic E-state index is -0.683. The quantitative estimate of drug-likeness (QED) is 0.162. The molecule has 10 aromatic rings. The summed E-state index contributed by atoms with van der Waals surface area (Å²) < 4.78 is 45.5. The van der Waals surface area contributed by atoms with Crippen LogP contribution in [0.2, 0.25) is 0 Å². The van der Waals surface area contributed by atoms with Crippen molar-refractivity contribution < 1.29 is 9.90 Å². The number of furan rings is 1. The molecular formula is C55H37NO. The van der Waals surface area contributed by atoms with Gasteiger partial charge in [-0.3, -0.25) is 0 Å². The first kappa shape index (κ1) is 28.9. The predicted octanol–water partition coefficient (Wildman–Crippen LogP) is 14.8. The van der Waals surface area contributed by atoms with E-state index in [9.17, 15) is 5.48 Å². The highest BCUT2D eigenvalue weighted by Crippen LogP contribution is 2.59. The molecule has 0 aliphatic heterocycles. The van der Waals surface area contributed by atoms with Crippen LogP contribution >= 0.6 is 0 Å². The number of anilines is 3. The van der Waals surface area contributed by atoms with E-state index in [0.29, 0.717) is 22.4 Å². The lowest BCUT2D eigenvalue weighted by atomic mass is 9.68. The Hall–Kier alpha value is -7.42. The van der Waals surface area contributed by atoms with Crippen molar-refractivity contribution in [2.45, 2.75) is 5.41 Å². The molecular weight excluding hydrogens is 691 g/mol. The summed E-state index contributed by atoms with van der Waals surface area (Å²) in [5, 5.41) is 1.78. The molecule has 0 unspecified atom stereocenters. The van der Waals surface area contributed by atoms with Gasteiger partial charge in [0.25, 0.3) is 0 Å². The maximum Gasteiger partial charge on any atom is 0.143 e. The van der Waals surface area contributed by atoms with Crippen LogP contribution in [0.25, 0.3) is 55.3 Å². The number of fused-ring (bicyclic) bond motifs is 6.